The molecule has 1 saturated carbocycles. The summed E-state index contributed by atoms with van der Waals surface area (Å²) >= 11 is 0. The quantitative estimate of drug-likeness (QED) is 0.782. The molecule has 0 bridgehead atoms. The van der Waals surface area contributed by atoms with E-state index in [9.17, 15) is 14.0 Å². The van der Waals surface area contributed by atoms with E-state index in [-0.39, 0.29) is 30.2 Å². The lowest BCUT2D eigenvalue weighted by atomic mass is 10.2. The Morgan fingerprint density at radius 2 is 1.96 bits per heavy atom. The standard InChI is InChI=1S/C19H21FN4O2/c20-15-8-5-14(6-9-15)7-10-18(25)23-17-11-21-24(12-17)13-19(26)22-16-3-1-2-4-16/h5-12,16H,1-4,13H2,(H,22,26)(H,23,25)/b10-7+. The zero-order chi connectivity index (χ0) is 18.4. The van der Waals surface area contributed by atoms with E-state index < -0.39 is 0 Å². The molecule has 2 amide bonds. The molecule has 2 aromatic rings. The van der Waals surface area contributed by atoms with Crippen molar-refractivity contribution in [2.45, 2.75) is 38.3 Å². The average Bonchev–Trinajstić information content (AvgIpc) is 3.26. The van der Waals surface area contributed by atoms with Gasteiger partial charge in [0.15, 0.2) is 0 Å². The molecule has 0 aliphatic heterocycles. The van der Waals surface area contributed by atoms with Gasteiger partial charge in [-0.25, -0.2) is 4.39 Å². The van der Waals surface area contributed by atoms with E-state index in [1.165, 1.54) is 29.1 Å². The summed E-state index contributed by atoms with van der Waals surface area (Å²) < 4.78 is 14.3. The van der Waals surface area contributed by atoms with Crippen molar-refractivity contribution in [1.29, 1.82) is 0 Å². The fraction of sp³-hybridized carbons (Fsp3) is 0.316. The van der Waals surface area contributed by atoms with Crippen LogP contribution in [0.4, 0.5) is 10.1 Å². The number of amides is 2. The molecule has 0 unspecified atom stereocenters. The molecule has 136 valence electrons. The van der Waals surface area contributed by atoms with Gasteiger partial charge in [0.2, 0.25) is 11.8 Å². The van der Waals surface area contributed by atoms with E-state index >= 15 is 0 Å². The highest BCUT2D eigenvalue weighted by Crippen LogP contribution is 2.17. The molecule has 2 N–H and O–H groups in total. The fourth-order valence-electron chi connectivity index (χ4n) is 2.93. The maximum atomic E-state index is 12.8. The van der Waals surface area contributed by atoms with Gasteiger partial charge >= 0.3 is 0 Å². The van der Waals surface area contributed by atoms with E-state index in [1.54, 1.807) is 24.4 Å². The van der Waals surface area contributed by atoms with Gasteiger partial charge in [0, 0.05) is 18.3 Å². The number of carbonyl (C=O) groups excluding carboxylic acids is 2. The summed E-state index contributed by atoms with van der Waals surface area (Å²) in [6.07, 6.45) is 10.4. The number of benzene rings is 1. The summed E-state index contributed by atoms with van der Waals surface area (Å²) in [4.78, 5) is 23.9. The molecule has 1 heterocycles. The number of nitrogens with one attached hydrogen (secondary N) is 2. The van der Waals surface area contributed by atoms with Gasteiger partial charge < -0.3 is 10.6 Å². The van der Waals surface area contributed by atoms with Crippen molar-refractivity contribution in [1.82, 2.24) is 15.1 Å². The van der Waals surface area contributed by atoms with Crippen molar-refractivity contribution >= 4 is 23.6 Å². The van der Waals surface area contributed by atoms with E-state index in [4.69, 9.17) is 0 Å². The number of nitrogens with zero attached hydrogens (tertiary/aromatic N) is 2. The van der Waals surface area contributed by atoms with Gasteiger partial charge in [-0.2, -0.15) is 5.10 Å². The van der Waals surface area contributed by atoms with Crippen molar-refractivity contribution in [2.24, 2.45) is 0 Å². The van der Waals surface area contributed by atoms with Crippen LogP contribution in [-0.4, -0.2) is 27.6 Å². The minimum atomic E-state index is -0.329. The zero-order valence-corrected chi connectivity index (χ0v) is 14.3. The first-order chi connectivity index (χ1) is 12.6. The number of rotatable bonds is 6. The van der Waals surface area contributed by atoms with Gasteiger partial charge in [-0.15, -0.1) is 0 Å². The van der Waals surface area contributed by atoms with Crippen molar-refractivity contribution in [3.05, 3.63) is 54.1 Å². The van der Waals surface area contributed by atoms with Gasteiger partial charge in [0.1, 0.15) is 12.4 Å². The molecule has 0 atom stereocenters. The maximum absolute atomic E-state index is 12.8. The molecule has 0 spiro atoms. The van der Waals surface area contributed by atoms with E-state index in [2.05, 4.69) is 15.7 Å². The fourth-order valence-corrected chi connectivity index (χ4v) is 2.93. The minimum absolute atomic E-state index is 0.0749. The van der Waals surface area contributed by atoms with Gasteiger partial charge in [0.05, 0.1) is 11.9 Å². The Balaban J connectivity index is 1.48. The molecular formula is C19H21FN4O2. The maximum Gasteiger partial charge on any atom is 0.248 e. The largest absolute Gasteiger partial charge is 0.352 e. The third kappa shape index (κ3) is 5.27. The van der Waals surface area contributed by atoms with E-state index in [1.807, 2.05) is 0 Å². The predicted molar refractivity (Wildman–Crippen MR) is 96.7 cm³/mol. The van der Waals surface area contributed by atoms with Crippen LogP contribution in [0, 0.1) is 5.82 Å². The summed E-state index contributed by atoms with van der Waals surface area (Å²) in [5.41, 5.74) is 1.23. The molecule has 3 rings (SSSR count). The lowest BCUT2D eigenvalue weighted by molar-refractivity contribution is -0.122. The summed E-state index contributed by atoms with van der Waals surface area (Å²) in [7, 11) is 0. The number of anilines is 1. The zero-order valence-electron chi connectivity index (χ0n) is 14.3. The lowest BCUT2D eigenvalue weighted by Gasteiger charge is -2.11. The highest BCUT2D eigenvalue weighted by atomic mass is 19.1. The molecule has 0 radical (unpaired) electrons. The van der Waals surface area contributed by atoms with E-state index in [0.29, 0.717) is 5.69 Å². The van der Waals surface area contributed by atoms with Crippen LogP contribution in [0.15, 0.2) is 42.7 Å². The summed E-state index contributed by atoms with van der Waals surface area (Å²) in [6.45, 7) is 0.123. The predicted octanol–water partition coefficient (Wildman–Crippen LogP) is 2.73. The molecule has 0 saturated heterocycles. The molecule has 1 aliphatic rings. The molecule has 1 aromatic heterocycles. The highest BCUT2D eigenvalue weighted by Gasteiger charge is 2.17. The SMILES string of the molecule is O=C(/C=C/c1ccc(F)cc1)Nc1cnn(CC(=O)NC2CCCC2)c1. The van der Waals surface area contributed by atoms with Crippen LogP contribution in [0.5, 0.6) is 0 Å². The Kier molecular flexibility index (Phi) is 5.78. The van der Waals surface area contributed by atoms with Crippen molar-refractivity contribution in [3.63, 3.8) is 0 Å². The number of carbonyl (C=O) groups is 2. The van der Waals surface area contributed by atoms with Crippen LogP contribution in [0.25, 0.3) is 6.08 Å². The number of hydrogen-bond acceptors (Lipinski definition) is 3. The van der Waals surface area contributed by atoms with Crippen LogP contribution in [0.3, 0.4) is 0 Å². The van der Waals surface area contributed by atoms with E-state index in [0.717, 1.165) is 31.2 Å². The van der Waals surface area contributed by atoms with Crippen molar-refractivity contribution < 1.29 is 14.0 Å². The van der Waals surface area contributed by atoms with Crippen molar-refractivity contribution in [3.8, 4) is 0 Å². The second-order valence-electron chi connectivity index (χ2n) is 6.35. The molecule has 7 heteroatoms. The number of halogens is 1. The minimum Gasteiger partial charge on any atom is -0.352 e. The molecular weight excluding hydrogens is 335 g/mol. The molecule has 26 heavy (non-hydrogen) atoms. The Morgan fingerprint density at radius 3 is 2.69 bits per heavy atom. The molecule has 1 aliphatic carbocycles. The van der Waals surface area contributed by atoms with Crippen LogP contribution < -0.4 is 10.6 Å². The second-order valence-corrected chi connectivity index (χ2v) is 6.35. The van der Waals surface area contributed by atoms with Crippen LogP contribution in [-0.2, 0) is 16.1 Å². The Morgan fingerprint density at radius 1 is 1.23 bits per heavy atom. The van der Waals surface area contributed by atoms with Crippen molar-refractivity contribution in [2.75, 3.05) is 5.32 Å². The topological polar surface area (TPSA) is 76.0 Å². The monoisotopic (exact) mass is 356 g/mol. The van der Waals surface area contributed by atoms with Gasteiger partial charge in [0.25, 0.3) is 0 Å². The summed E-state index contributed by atoms with van der Waals surface area (Å²) in [5.74, 6) is -0.727. The third-order valence-corrected chi connectivity index (χ3v) is 4.22. The third-order valence-electron chi connectivity index (χ3n) is 4.22. The average molecular weight is 356 g/mol. The smallest absolute Gasteiger partial charge is 0.248 e. The van der Waals surface area contributed by atoms with Crippen LogP contribution in [0.2, 0.25) is 0 Å². The summed E-state index contributed by atoms with van der Waals surface area (Å²) in [6, 6.07) is 6.10. The first-order valence-corrected chi connectivity index (χ1v) is 8.65. The molecule has 1 aromatic carbocycles. The van der Waals surface area contributed by atoms with Gasteiger partial charge in [-0.3, -0.25) is 14.3 Å². The Hall–Kier alpha value is -2.96. The second kappa shape index (κ2) is 8.42. The summed E-state index contributed by atoms with van der Waals surface area (Å²) in [5, 5.41) is 9.76. The van der Waals surface area contributed by atoms with Crippen LogP contribution >= 0.6 is 0 Å². The highest BCUT2D eigenvalue weighted by molar-refractivity contribution is 6.01. The molecule has 6 nitrogen and oxygen atoms in total. The normalized spacial score (nSPS) is 14.7. The Labute approximate surface area is 151 Å². The lowest BCUT2D eigenvalue weighted by Crippen LogP contribution is -2.35. The Bertz CT molecular complexity index is 792. The number of aromatic nitrogens is 2. The van der Waals surface area contributed by atoms with Gasteiger partial charge in [-0.05, 0) is 36.6 Å². The van der Waals surface area contributed by atoms with Gasteiger partial charge in [-0.1, -0.05) is 25.0 Å². The van der Waals surface area contributed by atoms with Crippen LogP contribution in [0.1, 0.15) is 31.2 Å². The first kappa shape index (κ1) is 17.8. The molecule has 1 fully saturated rings. The first-order valence-electron chi connectivity index (χ1n) is 8.65. The number of hydrogen-bond donors (Lipinski definition) is 2.